The van der Waals surface area contributed by atoms with E-state index >= 15 is 0 Å². The molecule has 0 amide bonds. The van der Waals surface area contributed by atoms with E-state index in [0.717, 1.165) is 12.8 Å². The molecule has 0 N–H and O–H groups in total. The standard InChI is InChI=1S/C10H16BrCl3O3Si/c1-10(2,11)9(16)17-8(15)6-4-3-5-7-18(12,13)14/h3-7H2,1-2H3. The Morgan fingerprint density at radius 1 is 1.17 bits per heavy atom. The average Bonchev–Trinajstić information content (AvgIpc) is 2.13. The van der Waals surface area contributed by atoms with Crippen LogP contribution < -0.4 is 0 Å². The van der Waals surface area contributed by atoms with Crippen molar-refractivity contribution in [1.29, 1.82) is 0 Å². The number of hydrogen-bond acceptors (Lipinski definition) is 3. The van der Waals surface area contributed by atoms with Gasteiger partial charge in [0.05, 0.1) is 0 Å². The third-order valence-corrected chi connectivity index (χ3v) is 4.98. The Morgan fingerprint density at radius 2 is 1.72 bits per heavy atom. The third-order valence-electron chi connectivity index (χ3n) is 2.03. The minimum atomic E-state index is -2.55. The van der Waals surface area contributed by atoms with Crippen LogP contribution in [0.4, 0.5) is 0 Å². The summed E-state index contributed by atoms with van der Waals surface area (Å²) < 4.78 is 3.82. The second-order valence-electron chi connectivity index (χ2n) is 4.41. The number of carbonyl (C=O) groups is 2. The minimum absolute atomic E-state index is 0.205. The summed E-state index contributed by atoms with van der Waals surface area (Å²) in [5.74, 6) is -1.10. The van der Waals surface area contributed by atoms with E-state index < -0.39 is 22.3 Å². The van der Waals surface area contributed by atoms with Crippen LogP contribution in [-0.2, 0) is 14.3 Å². The molecule has 0 saturated carbocycles. The third kappa shape index (κ3) is 10.6. The van der Waals surface area contributed by atoms with Crippen LogP contribution in [0.25, 0.3) is 0 Å². The number of esters is 2. The molecule has 0 heterocycles. The van der Waals surface area contributed by atoms with Gasteiger partial charge in [0.25, 0.3) is 0 Å². The van der Waals surface area contributed by atoms with Crippen LogP contribution in [0, 0.1) is 0 Å². The summed E-state index contributed by atoms with van der Waals surface area (Å²) >= 11 is 20.3. The molecular weight excluding hydrogens is 382 g/mol. The highest BCUT2D eigenvalue weighted by molar-refractivity contribution is 9.10. The van der Waals surface area contributed by atoms with Crippen molar-refractivity contribution in [2.75, 3.05) is 0 Å². The summed E-state index contributed by atoms with van der Waals surface area (Å²) in [6.45, 7) is 3.24. The van der Waals surface area contributed by atoms with Crippen molar-refractivity contribution in [3.8, 4) is 0 Å². The van der Waals surface area contributed by atoms with Gasteiger partial charge in [0.1, 0.15) is 4.32 Å². The van der Waals surface area contributed by atoms with E-state index in [4.69, 9.17) is 33.2 Å². The van der Waals surface area contributed by atoms with Gasteiger partial charge in [0, 0.05) is 6.42 Å². The second-order valence-corrected chi connectivity index (χ2v) is 15.7. The Hall–Kier alpha value is 0.707. The van der Waals surface area contributed by atoms with Crippen molar-refractivity contribution in [2.45, 2.75) is 49.9 Å². The molecule has 0 saturated heterocycles. The Bertz CT molecular complexity index is 300. The predicted molar refractivity (Wildman–Crippen MR) is 80.7 cm³/mol. The van der Waals surface area contributed by atoms with Crippen LogP contribution in [-0.4, -0.2) is 22.3 Å². The molecule has 3 nitrogen and oxygen atoms in total. The molecule has 0 fully saturated rings. The lowest BCUT2D eigenvalue weighted by Gasteiger charge is -2.13. The van der Waals surface area contributed by atoms with Gasteiger partial charge in [-0.15, -0.1) is 33.2 Å². The van der Waals surface area contributed by atoms with Crippen LogP contribution >= 0.6 is 49.2 Å². The van der Waals surface area contributed by atoms with Gasteiger partial charge in [-0.3, -0.25) is 9.59 Å². The van der Waals surface area contributed by atoms with Crippen LogP contribution in [0.3, 0.4) is 0 Å². The van der Waals surface area contributed by atoms with E-state index in [1.807, 2.05) is 0 Å². The zero-order chi connectivity index (χ0) is 14.4. The van der Waals surface area contributed by atoms with Crippen molar-refractivity contribution >= 4 is 67.1 Å². The molecule has 8 heteroatoms. The molecule has 106 valence electrons. The summed E-state index contributed by atoms with van der Waals surface area (Å²) in [5, 5.41) is 0. The number of unbranched alkanes of at least 4 members (excludes halogenated alkanes) is 2. The number of halogens is 4. The molecular formula is C10H16BrCl3O3Si. The van der Waals surface area contributed by atoms with Crippen molar-refractivity contribution < 1.29 is 14.3 Å². The first-order valence-electron chi connectivity index (χ1n) is 5.53. The number of alkyl halides is 1. The molecule has 0 aromatic heterocycles. The molecule has 0 aliphatic carbocycles. The maximum absolute atomic E-state index is 11.4. The molecule has 0 aliphatic rings. The Morgan fingerprint density at radius 3 is 2.17 bits per heavy atom. The quantitative estimate of drug-likeness (QED) is 0.159. The van der Waals surface area contributed by atoms with E-state index in [9.17, 15) is 9.59 Å². The van der Waals surface area contributed by atoms with Gasteiger partial charge in [0.15, 0.2) is 0 Å². The van der Waals surface area contributed by atoms with Crippen LogP contribution in [0.2, 0.25) is 6.04 Å². The van der Waals surface area contributed by atoms with Crippen LogP contribution in [0.15, 0.2) is 0 Å². The summed E-state index contributed by atoms with van der Waals surface area (Å²) in [7, 11) is 0. The fourth-order valence-corrected chi connectivity index (χ4v) is 2.98. The topological polar surface area (TPSA) is 43.4 Å². The largest absolute Gasteiger partial charge is 0.392 e. The summed E-state index contributed by atoms with van der Waals surface area (Å²) in [5.41, 5.74) is 0. The highest BCUT2D eigenvalue weighted by Gasteiger charge is 2.27. The van der Waals surface area contributed by atoms with Crippen molar-refractivity contribution in [3.63, 3.8) is 0 Å². The molecule has 0 rings (SSSR count). The Balaban J connectivity index is 3.70. The number of rotatable bonds is 7. The first-order valence-corrected chi connectivity index (χ1v) is 11.6. The van der Waals surface area contributed by atoms with Gasteiger partial charge in [-0.2, -0.15) is 0 Å². The number of carbonyl (C=O) groups excluding carboxylic acids is 2. The lowest BCUT2D eigenvalue weighted by molar-refractivity contribution is -0.160. The zero-order valence-electron chi connectivity index (χ0n) is 10.3. The maximum Gasteiger partial charge on any atom is 0.341 e. The fourth-order valence-electron chi connectivity index (χ4n) is 1.05. The highest BCUT2D eigenvalue weighted by atomic mass is 79.9. The zero-order valence-corrected chi connectivity index (χ0v) is 15.1. The van der Waals surface area contributed by atoms with Crippen molar-refractivity contribution in [3.05, 3.63) is 0 Å². The van der Waals surface area contributed by atoms with Gasteiger partial charge in [-0.25, -0.2) is 0 Å². The van der Waals surface area contributed by atoms with E-state index in [0.29, 0.717) is 12.5 Å². The highest BCUT2D eigenvalue weighted by Crippen LogP contribution is 2.27. The Kier molecular flexibility index (Phi) is 8.41. The fraction of sp³-hybridized carbons (Fsp3) is 0.800. The SMILES string of the molecule is CC(C)(Br)C(=O)OC(=O)CCCCC[Si](Cl)(Cl)Cl. The minimum Gasteiger partial charge on any atom is -0.392 e. The van der Waals surface area contributed by atoms with E-state index in [2.05, 4.69) is 20.7 Å². The van der Waals surface area contributed by atoms with Crippen molar-refractivity contribution in [1.82, 2.24) is 0 Å². The summed E-state index contributed by atoms with van der Waals surface area (Å²) in [6.07, 6.45) is 2.38. The Labute approximate surface area is 131 Å². The van der Waals surface area contributed by atoms with Gasteiger partial charge in [-0.1, -0.05) is 28.8 Å². The molecule has 0 aromatic rings. The first-order chi connectivity index (χ1) is 8.02. The van der Waals surface area contributed by atoms with Crippen LogP contribution in [0.1, 0.15) is 39.5 Å². The second kappa shape index (κ2) is 8.10. The molecule has 0 unspecified atom stereocenters. The van der Waals surface area contributed by atoms with Crippen molar-refractivity contribution in [2.24, 2.45) is 0 Å². The first kappa shape index (κ1) is 18.7. The summed E-state index contributed by atoms with van der Waals surface area (Å²) in [4.78, 5) is 22.7. The smallest absolute Gasteiger partial charge is 0.341 e. The van der Waals surface area contributed by atoms with E-state index in [-0.39, 0.29) is 6.42 Å². The lowest BCUT2D eigenvalue weighted by Crippen LogP contribution is -2.28. The molecule has 0 bridgehead atoms. The van der Waals surface area contributed by atoms with E-state index in [1.54, 1.807) is 13.8 Å². The number of ether oxygens (including phenoxy) is 1. The summed E-state index contributed by atoms with van der Waals surface area (Å²) in [6, 6.07) is -1.96. The molecule has 0 atom stereocenters. The lowest BCUT2D eigenvalue weighted by atomic mass is 10.2. The molecule has 0 spiro atoms. The van der Waals surface area contributed by atoms with Gasteiger partial charge in [-0.05, 0) is 26.3 Å². The van der Waals surface area contributed by atoms with Gasteiger partial charge >= 0.3 is 17.9 Å². The molecule has 18 heavy (non-hydrogen) atoms. The van der Waals surface area contributed by atoms with Crippen LogP contribution in [0.5, 0.6) is 0 Å². The number of hydrogen-bond donors (Lipinski definition) is 0. The molecule has 0 aromatic carbocycles. The molecule has 0 radical (unpaired) electrons. The predicted octanol–water partition coefficient (Wildman–Crippen LogP) is 4.45. The van der Waals surface area contributed by atoms with Gasteiger partial charge in [0.2, 0.25) is 0 Å². The maximum atomic E-state index is 11.4. The normalized spacial score (nSPS) is 12.3. The monoisotopic (exact) mass is 396 g/mol. The van der Waals surface area contributed by atoms with Gasteiger partial charge < -0.3 is 4.74 Å². The molecule has 0 aliphatic heterocycles. The van der Waals surface area contributed by atoms with E-state index in [1.165, 1.54) is 0 Å². The average molecular weight is 399 g/mol.